The molecule has 4 heterocycles. The molecule has 6 rings (SSSR count). The van der Waals surface area contributed by atoms with Crippen LogP contribution in [-0.2, 0) is 16.0 Å². The molecule has 0 aliphatic carbocycles. The zero-order valence-electron chi connectivity index (χ0n) is 24.9. The largest absolute Gasteiger partial charge is 0.493 e. The number of anilines is 1. The van der Waals surface area contributed by atoms with Gasteiger partial charge in [0.05, 0.1) is 31.5 Å². The van der Waals surface area contributed by atoms with E-state index in [1.54, 1.807) is 24.4 Å². The zero-order valence-corrected chi connectivity index (χ0v) is 24.9. The highest BCUT2D eigenvalue weighted by atomic mass is 16.7. The molecule has 1 N–H and O–H groups in total. The average Bonchev–Trinajstić information content (AvgIpc) is 3.79. The number of hydrogen-bond acceptors (Lipinski definition) is 9. The fraction of sp³-hybridized carbons (Fsp3) is 0.424. The van der Waals surface area contributed by atoms with Crippen LogP contribution < -0.4 is 28.6 Å². The number of pyridine rings is 1. The highest BCUT2D eigenvalue weighted by molar-refractivity contribution is 5.94. The van der Waals surface area contributed by atoms with Crippen molar-refractivity contribution >= 4 is 17.6 Å². The molecular weight excluding hydrogens is 566 g/mol. The van der Waals surface area contributed by atoms with Gasteiger partial charge in [0, 0.05) is 31.2 Å². The van der Waals surface area contributed by atoms with E-state index in [0.29, 0.717) is 54.7 Å². The summed E-state index contributed by atoms with van der Waals surface area (Å²) in [5, 5.41) is 10.7. The number of fused-ring (bicyclic) bond motifs is 2. The molecule has 232 valence electrons. The van der Waals surface area contributed by atoms with E-state index in [-0.39, 0.29) is 26.0 Å². The zero-order chi connectivity index (χ0) is 30.6. The number of carboxylic acid groups (broad SMARTS) is 1. The van der Waals surface area contributed by atoms with Crippen molar-refractivity contribution in [1.82, 2.24) is 9.88 Å². The molecule has 3 aliphatic heterocycles. The number of methoxy groups -OCH3 is 1. The Labute approximate surface area is 256 Å². The van der Waals surface area contributed by atoms with E-state index in [2.05, 4.69) is 11.9 Å². The Balaban J connectivity index is 1.33. The smallest absolute Gasteiger partial charge is 0.308 e. The van der Waals surface area contributed by atoms with Gasteiger partial charge in [0.1, 0.15) is 0 Å². The van der Waals surface area contributed by atoms with Gasteiger partial charge in [0.2, 0.25) is 25.2 Å². The number of unbranched alkanes of at least 4 members (excludes halogenated alkanes) is 1. The molecular formula is C33H37N3O8. The van der Waals surface area contributed by atoms with Gasteiger partial charge < -0.3 is 33.7 Å². The fourth-order valence-electron chi connectivity index (χ4n) is 6.53. The maximum Gasteiger partial charge on any atom is 0.308 e. The molecule has 3 aromatic rings. The van der Waals surface area contributed by atoms with Crippen LogP contribution >= 0.6 is 0 Å². The molecule has 1 aromatic heterocycles. The molecule has 1 saturated heterocycles. The Hall–Kier alpha value is -4.51. The summed E-state index contributed by atoms with van der Waals surface area (Å²) < 4.78 is 28.1. The van der Waals surface area contributed by atoms with Crippen molar-refractivity contribution in [2.24, 2.45) is 5.92 Å². The highest BCUT2D eigenvalue weighted by Crippen LogP contribution is 2.47. The number of rotatable bonds is 12. The number of aryl methyl sites for hydroxylation is 1. The summed E-state index contributed by atoms with van der Waals surface area (Å²) in [4.78, 5) is 35.0. The maximum absolute atomic E-state index is 14.0. The van der Waals surface area contributed by atoms with Crippen LogP contribution in [0.4, 0.5) is 5.69 Å². The average molecular weight is 604 g/mol. The lowest BCUT2D eigenvalue weighted by Gasteiger charge is -2.29. The molecule has 3 atom stereocenters. The number of amides is 1. The van der Waals surface area contributed by atoms with E-state index >= 15 is 0 Å². The van der Waals surface area contributed by atoms with E-state index in [1.165, 1.54) is 0 Å². The maximum atomic E-state index is 14.0. The molecule has 0 bridgehead atoms. The Morgan fingerprint density at radius 1 is 1.07 bits per heavy atom. The van der Waals surface area contributed by atoms with Crippen LogP contribution in [0.15, 0.2) is 54.9 Å². The van der Waals surface area contributed by atoms with E-state index in [4.69, 9.17) is 23.7 Å². The summed E-state index contributed by atoms with van der Waals surface area (Å²) in [6, 6.07) is 12.7. The molecule has 2 aromatic carbocycles. The normalized spacial score (nSPS) is 20.1. The summed E-state index contributed by atoms with van der Waals surface area (Å²) in [5.41, 5.74) is 2.44. The lowest BCUT2D eigenvalue weighted by atomic mass is 9.83. The van der Waals surface area contributed by atoms with Gasteiger partial charge in [0.25, 0.3) is 0 Å². The standard InChI is InChI=1S/C33H37N3O8/c1-3-4-13-36(23-8-6-12-34-16-23)29(37)18-35-17-24(22-14-27(40-2)32-28(15-22)42-20-44-32)30(33(38)39)25(35)11-10-21-7-5-9-26-31(21)43-19-41-26/h5-9,12,14-16,24-25,30H,3-4,10-11,13,17-20H2,1-2H3,(H,38,39)/t24-,25+,30-/m1/s1. The minimum Gasteiger partial charge on any atom is -0.493 e. The molecule has 1 fully saturated rings. The molecule has 0 spiro atoms. The predicted molar refractivity (Wildman–Crippen MR) is 161 cm³/mol. The first-order valence-corrected chi connectivity index (χ1v) is 15.0. The van der Waals surface area contributed by atoms with E-state index in [0.717, 1.165) is 29.7 Å². The molecule has 1 amide bonds. The quantitative estimate of drug-likeness (QED) is 0.317. The third-order valence-corrected chi connectivity index (χ3v) is 8.66. The van der Waals surface area contributed by atoms with Crippen molar-refractivity contribution in [3.63, 3.8) is 0 Å². The first-order chi connectivity index (χ1) is 21.5. The topological polar surface area (TPSA) is 120 Å². The second-order valence-corrected chi connectivity index (χ2v) is 11.2. The number of aromatic nitrogens is 1. The Kier molecular flexibility index (Phi) is 8.74. The third kappa shape index (κ3) is 5.84. The second kappa shape index (κ2) is 13.0. The fourth-order valence-corrected chi connectivity index (χ4v) is 6.53. The second-order valence-electron chi connectivity index (χ2n) is 11.2. The first kappa shape index (κ1) is 29.6. The number of nitrogens with zero attached hydrogens (tertiary/aromatic N) is 3. The van der Waals surface area contributed by atoms with Crippen LogP contribution in [0.3, 0.4) is 0 Å². The monoisotopic (exact) mass is 603 g/mol. The van der Waals surface area contributed by atoms with Crippen LogP contribution in [0, 0.1) is 5.92 Å². The van der Waals surface area contributed by atoms with E-state index in [9.17, 15) is 14.7 Å². The van der Waals surface area contributed by atoms with Gasteiger partial charge in [-0.1, -0.05) is 25.5 Å². The number of carbonyl (C=O) groups is 2. The first-order valence-electron chi connectivity index (χ1n) is 15.0. The van der Waals surface area contributed by atoms with Crippen LogP contribution in [-0.4, -0.2) is 73.2 Å². The van der Waals surface area contributed by atoms with Crippen molar-refractivity contribution < 1.29 is 38.4 Å². The van der Waals surface area contributed by atoms with Crippen molar-refractivity contribution in [2.75, 3.05) is 45.2 Å². The number of ether oxygens (including phenoxy) is 5. The van der Waals surface area contributed by atoms with Crippen molar-refractivity contribution in [2.45, 2.75) is 44.6 Å². The molecule has 0 saturated carbocycles. The van der Waals surface area contributed by atoms with Gasteiger partial charge in [-0.2, -0.15) is 0 Å². The van der Waals surface area contributed by atoms with Gasteiger partial charge in [-0.3, -0.25) is 19.5 Å². The lowest BCUT2D eigenvalue weighted by molar-refractivity contribution is -0.143. The third-order valence-electron chi connectivity index (χ3n) is 8.66. The summed E-state index contributed by atoms with van der Waals surface area (Å²) in [7, 11) is 1.55. The Bertz CT molecular complexity index is 1500. The summed E-state index contributed by atoms with van der Waals surface area (Å²) >= 11 is 0. The van der Waals surface area contributed by atoms with E-state index < -0.39 is 23.8 Å². The number of likely N-dealkylation sites (tertiary alicyclic amines) is 1. The number of para-hydroxylation sites is 1. The Morgan fingerprint density at radius 2 is 1.89 bits per heavy atom. The predicted octanol–water partition coefficient (Wildman–Crippen LogP) is 4.48. The van der Waals surface area contributed by atoms with Crippen LogP contribution in [0.5, 0.6) is 28.7 Å². The minimum absolute atomic E-state index is 0.0672. The van der Waals surface area contributed by atoms with Crippen molar-refractivity contribution in [3.8, 4) is 28.7 Å². The summed E-state index contributed by atoms with van der Waals surface area (Å²) in [6.07, 6.45) is 6.20. The highest BCUT2D eigenvalue weighted by Gasteiger charge is 2.47. The molecule has 11 nitrogen and oxygen atoms in total. The number of aliphatic carboxylic acids is 1. The van der Waals surface area contributed by atoms with Crippen molar-refractivity contribution in [1.29, 1.82) is 0 Å². The Morgan fingerprint density at radius 3 is 2.64 bits per heavy atom. The SMILES string of the molecule is CCCCN(C(=O)CN1C[C@H](c2cc(OC)c3c(c2)OCO3)[C@@H](C(=O)O)[C@@H]1CCc1cccc2c1OCO2)c1cccnc1. The number of carboxylic acids is 1. The van der Waals surface area contributed by atoms with Crippen LogP contribution in [0.25, 0.3) is 0 Å². The molecule has 44 heavy (non-hydrogen) atoms. The molecule has 11 heteroatoms. The lowest BCUT2D eigenvalue weighted by Crippen LogP contribution is -2.44. The minimum atomic E-state index is -0.917. The van der Waals surface area contributed by atoms with Crippen molar-refractivity contribution in [3.05, 3.63) is 66.0 Å². The van der Waals surface area contributed by atoms with Gasteiger partial charge in [-0.25, -0.2) is 0 Å². The summed E-state index contributed by atoms with van der Waals surface area (Å²) in [5.74, 6) is 0.678. The summed E-state index contributed by atoms with van der Waals surface area (Å²) in [6.45, 7) is 3.30. The molecule has 0 radical (unpaired) electrons. The molecule has 3 aliphatic rings. The number of benzene rings is 2. The van der Waals surface area contributed by atoms with Gasteiger partial charge in [-0.15, -0.1) is 0 Å². The van der Waals surface area contributed by atoms with E-state index in [1.807, 2.05) is 47.4 Å². The van der Waals surface area contributed by atoms with Gasteiger partial charge in [-0.05, 0) is 60.7 Å². The number of carbonyl (C=O) groups excluding carboxylic acids is 1. The van der Waals surface area contributed by atoms with Crippen LogP contribution in [0.1, 0.15) is 43.2 Å². The molecule has 0 unspecified atom stereocenters. The van der Waals surface area contributed by atoms with Gasteiger partial charge >= 0.3 is 5.97 Å². The van der Waals surface area contributed by atoms with Crippen LogP contribution in [0.2, 0.25) is 0 Å². The number of hydrogen-bond donors (Lipinski definition) is 1. The van der Waals surface area contributed by atoms with Gasteiger partial charge in [0.15, 0.2) is 23.0 Å².